The molecule has 0 saturated heterocycles. The minimum Gasteiger partial charge on any atom is -0.242 e. The molecule has 174 valence electrons. The molecule has 2 nitrogen and oxygen atoms in total. The van der Waals surface area contributed by atoms with Crippen LogP contribution in [0.25, 0.3) is 11.1 Å². The van der Waals surface area contributed by atoms with Crippen LogP contribution >= 0.6 is 7.92 Å². The van der Waals surface area contributed by atoms with Crippen LogP contribution in [0.2, 0.25) is 0 Å². The Labute approximate surface area is 207 Å². The van der Waals surface area contributed by atoms with E-state index >= 15 is 0 Å². The van der Waals surface area contributed by atoms with Gasteiger partial charge in [-0.15, -0.1) is 0 Å². The molecular weight excluding hydrogens is 453 g/mol. The van der Waals surface area contributed by atoms with Gasteiger partial charge < -0.3 is 0 Å². The van der Waals surface area contributed by atoms with Crippen LogP contribution in [-0.4, -0.2) is 15.1 Å². The van der Waals surface area contributed by atoms with Gasteiger partial charge in [0.25, 0.3) is 0 Å². The lowest BCUT2D eigenvalue weighted by atomic mass is 9.96. The first kappa shape index (κ1) is 24.5. The van der Waals surface area contributed by atoms with E-state index in [4.69, 9.17) is 0 Å². The summed E-state index contributed by atoms with van der Waals surface area (Å²) < 4.78 is 16.5. The molecule has 0 amide bonds. The highest BCUT2D eigenvalue weighted by molar-refractivity contribution is 7.84. The summed E-state index contributed by atoms with van der Waals surface area (Å²) in [7, 11) is -1.86. The zero-order chi connectivity index (χ0) is 24.0. The van der Waals surface area contributed by atoms with Gasteiger partial charge in [-0.2, -0.15) is 0 Å². The van der Waals surface area contributed by atoms with Crippen molar-refractivity contribution in [3.8, 4) is 11.1 Å². The normalized spacial score (nSPS) is 13.5. The van der Waals surface area contributed by atoms with Gasteiger partial charge in [-0.25, -0.2) is 8.93 Å². The molecule has 0 aromatic heterocycles. The highest BCUT2D eigenvalue weighted by Gasteiger charge is 2.28. The maximum absolute atomic E-state index is 13.4. The van der Waals surface area contributed by atoms with E-state index in [9.17, 15) is 4.21 Å². The number of hydrogen-bond donors (Lipinski definition) is 1. The van der Waals surface area contributed by atoms with Gasteiger partial charge in [0.15, 0.2) is 0 Å². The first-order valence-electron chi connectivity index (χ1n) is 11.6. The minimum atomic E-state index is -1.20. The molecule has 0 heterocycles. The number of rotatable bonds is 8. The Balaban J connectivity index is 1.80. The van der Waals surface area contributed by atoms with Crippen molar-refractivity contribution in [3.05, 3.63) is 121 Å². The summed E-state index contributed by atoms with van der Waals surface area (Å²) in [4.78, 5) is 0. The predicted molar refractivity (Wildman–Crippen MR) is 150 cm³/mol. The average molecular weight is 486 g/mol. The summed E-state index contributed by atoms with van der Waals surface area (Å²) in [5.41, 5.74) is 3.54. The van der Waals surface area contributed by atoms with Crippen molar-refractivity contribution >= 4 is 29.5 Å². The van der Waals surface area contributed by atoms with Crippen LogP contribution in [0.15, 0.2) is 115 Å². The molecule has 0 bridgehead atoms. The first-order chi connectivity index (χ1) is 16.4. The maximum Gasteiger partial charge on any atom is 0.0976 e. The molecule has 0 aliphatic carbocycles. The van der Waals surface area contributed by atoms with Gasteiger partial charge in [0, 0.05) is 6.04 Å². The zero-order valence-electron chi connectivity index (χ0n) is 20.0. The fourth-order valence-electron chi connectivity index (χ4n) is 3.94. The van der Waals surface area contributed by atoms with Crippen molar-refractivity contribution in [1.82, 2.24) is 4.72 Å². The summed E-state index contributed by atoms with van der Waals surface area (Å²) in [6.07, 6.45) is 0.856. The van der Waals surface area contributed by atoms with E-state index in [1.807, 2.05) is 26.8 Å². The maximum atomic E-state index is 13.4. The standard InChI is InChI=1S/C30H32NOPS/c1-30(2,3)34(32)31-29(28-22-14-13-21-27(28)24-15-7-4-8-16-24)23-33(25-17-9-5-10-18-25)26-19-11-6-12-20-26/h4-22,29,31H,23H2,1-3H3/t29-,34+/m1/s1. The van der Waals surface area contributed by atoms with Crippen LogP contribution in [0.3, 0.4) is 0 Å². The monoisotopic (exact) mass is 485 g/mol. The predicted octanol–water partition coefficient (Wildman–Crippen LogP) is 6.58. The molecule has 34 heavy (non-hydrogen) atoms. The molecule has 0 unspecified atom stereocenters. The van der Waals surface area contributed by atoms with Crippen molar-refractivity contribution in [3.63, 3.8) is 0 Å². The summed E-state index contributed by atoms with van der Waals surface area (Å²) in [6.45, 7) is 6.06. The van der Waals surface area contributed by atoms with Crippen molar-refractivity contribution < 1.29 is 4.21 Å². The van der Waals surface area contributed by atoms with Gasteiger partial charge in [-0.3, -0.25) is 0 Å². The van der Waals surface area contributed by atoms with E-state index in [2.05, 4.69) is 114 Å². The molecule has 4 aromatic rings. The molecule has 2 atom stereocenters. The summed E-state index contributed by atoms with van der Waals surface area (Å²) in [6, 6.07) is 40.4. The first-order valence-corrected chi connectivity index (χ1v) is 14.3. The molecule has 0 radical (unpaired) electrons. The fourth-order valence-corrected chi connectivity index (χ4v) is 7.33. The third-order valence-electron chi connectivity index (χ3n) is 5.73. The van der Waals surface area contributed by atoms with E-state index in [0.717, 1.165) is 6.16 Å². The molecule has 4 rings (SSSR count). The molecule has 0 spiro atoms. The van der Waals surface area contributed by atoms with Crippen LogP contribution in [0, 0.1) is 0 Å². The number of hydrogen-bond acceptors (Lipinski definition) is 1. The van der Waals surface area contributed by atoms with E-state index in [1.54, 1.807) is 0 Å². The van der Waals surface area contributed by atoms with Gasteiger partial charge in [0.05, 0.1) is 15.7 Å². The summed E-state index contributed by atoms with van der Waals surface area (Å²) in [5.74, 6) is 0. The van der Waals surface area contributed by atoms with E-state index < -0.39 is 18.9 Å². The van der Waals surface area contributed by atoms with Crippen molar-refractivity contribution in [1.29, 1.82) is 0 Å². The summed E-state index contributed by atoms with van der Waals surface area (Å²) in [5, 5.41) is 2.66. The Hall–Kier alpha value is -2.58. The second-order valence-corrected chi connectivity index (χ2v) is 13.5. The van der Waals surface area contributed by atoms with Crippen LogP contribution in [0.1, 0.15) is 32.4 Å². The highest BCUT2D eigenvalue weighted by atomic mass is 32.2. The third-order valence-corrected chi connectivity index (χ3v) is 9.91. The van der Waals surface area contributed by atoms with Gasteiger partial charge in [0.1, 0.15) is 0 Å². The largest absolute Gasteiger partial charge is 0.242 e. The van der Waals surface area contributed by atoms with E-state index in [1.165, 1.54) is 27.3 Å². The molecule has 4 aromatic carbocycles. The van der Waals surface area contributed by atoms with Gasteiger partial charge in [0.2, 0.25) is 0 Å². The van der Waals surface area contributed by atoms with Gasteiger partial charge in [-0.1, -0.05) is 115 Å². The van der Waals surface area contributed by atoms with Crippen molar-refractivity contribution in [2.45, 2.75) is 31.6 Å². The average Bonchev–Trinajstić information content (AvgIpc) is 2.87. The second-order valence-electron chi connectivity index (χ2n) is 9.29. The molecule has 1 N–H and O–H groups in total. The third kappa shape index (κ3) is 6.10. The SMILES string of the molecule is CC(C)(C)[S@](=O)N[C@H](CP(c1ccccc1)c1ccccc1)c1ccccc1-c1ccccc1. The Kier molecular flexibility index (Phi) is 8.11. The van der Waals surface area contributed by atoms with E-state index in [0.29, 0.717) is 0 Å². The number of nitrogens with one attached hydrogen (secondary N) is 1. The molecule has 0 saturated carbocycles. The Morgan fingerprint density at radius 1 is 0.706 bits per heavy atom. The van der Waals surface area contributed by atoms with Crippen molar-refractivity contribution in [2.24, 2.45) is 0 Å². The number of benzene rings is 4. The van der Waals surface area contributed by atoms with Crippen LogP contribution in [-0.2, 0) is 11.0 Å². The van der Waals surface area contributed by atoms with Gasteiger partial charge in [-0.05, 0) is 62.2 Å². The lowest BCUT2D eigenvalue weighted by Crippen LogP contribution is -2.37. The molecule has 0 aliphatic rings. The Morgan fingerprint density at radius 3 is 1.71 bits per heavy atom. The Morgan fingerprint density at radius 2 is 1.18 bits per heavy atom. The topological polar surface area (TPSA) is 29.1 Å². The van der Waals surface area contributed by atoms with Gasteiger partial charge >= 0.3 is 0 Å². The van der Waals surface area contributed by atoms with Crippen LogP contribution in [0.5, 0.6) is 0 Å². The van der Waals surface area contributed by atoms with Crippen LogP contribution in [0.4, 0.5) is 0 Å². The smallest absolute Gasteiger partial charge is 0.0976 e. The molecule has 0 aliphatic heterocycles. The van der Waals surface area contributed by atoms with Crippen molar-refractivity contribution in [2.75, 3.05) is 6.16 Å². The lowest BCUT2D eigenvalue weighted by molar-refractivity contribution is 0.618. The molecular formula is C30H32NOPS. The highest BCUT2D eigenvalue weighted by Crippen LogP contribution is 2.40. The van der Waals surface area contributed by atoms with E-state index in [-0.39, 0.29) is 10.8 Å². The molecule has 0 fully saturated rings. The van der Waals surface area contributed by atoms with Crippen LogP contribution < -0.4 is 15.3 Å². The lowest BCUT2D eigenvalue weighted by Gasteiger charge is -2.30. The summed E-state index contributed by atoms with van der Waals surface area (Å²) >= 11 is 0. The minimum absolute atomic E-state index is 0.0667. The molecule has 4 heteroatoms. The zero-order valence-corrected chi connectivity index (χ0v) is 21.7. The fraction of sp³-hybridized carbons (Fsp3) is 0.200. The Bertz CT molecular complexity index is 1170. The quantitative estimate of drug-likeness (QED) is 0.281. The second kappa shape index (κ2) is 11.2.